The number of rotatable bonds is 6. The Morgan fingerprint density at radius 1 is 1.33 bits per heavy atom. The van der Waals surface area contributed by atoms with Crippen LogP contribution in [0.4, 0.5) is 0 Å². The summed E-state index contributed by atoms with van der Waals surface area (Å²) in [6, 6.07) is 8.49. The van der Waals surface area contributed by atoms with E-state index >= 15 is 0 Å². The number of ether oxygens (including phenoxy) is 1. The Hall–Kier alpha value is -1.55. The molecule has 0 saturated carbocycles. The molecule has 0 spiro atoms. The van der Waals surface area contributed by atoms with Crippen molar-refractivity contribution < 1.29 is 9.53 Å². The Morgan fingerprint density at radius 3 is 2.81 bits per heavy atom. The van der Waals surface area contributed by atoms with E-state index in [-0.39, 0.29) is 11.9 Å². The SMILES string of the molecule is COc1ccc(CCC(C)NC2CCCCNC2=O)cc1. The Balaban J connectivity index is 1.77. The van der Waals surface area contributed by atoms with E-state index in [1.165, 1.54) is 5.56 Å². The summed E-state index contributed by atoms with van der Waals surface area (Å²) in [4.78, 5) is 11.9. The molecule has 1 aromatic carbocycles. The van der Waals surface area contributed by atoms with Crippen LogP contribution in [0.1, 0.15) is 38.2 Å². The number of benzene rings is 1. The summed E-state index contributed by atoms with van der Waals surface area (Å²) >= 11 is 0. The first-order valence-corrected chi connectivity index (χ1v) is 7.85. The van der Waals surface area contributed by atoms with Crippen LogP contribution in [0.3, 0.4) is 0 Å². The molecule has 116 valence electrons. The van der Waals surface area contributed by atoms with Gasteiger partial charge in [-0.3, -0.25) is 4.79 Å². The lowest BCUT2D eigenvalue weighted by molar-refractivity contribution is -0.123. The van der Waals surface area contributed by atoms with E-state index in [1.807, 2.05) is 12.1 Å². The van der Waals surface area contributed by atoms with Crippen molar-refractivity contribution in [3.8, 4) is 5.75 Å². The first kappa shape index (κ1) is 15.8. The minimum Gasteiger partial charge on any atom is -0.497 e. The molecule has 0 radical (unpaired) electrons. The zero-order valence-electron chi connectivity index (χ0n) is 13.0. The Morgan fingerprint density at radius 2 is 2.10 bits per heavy atom. The summed E-state index contributed by atoms with van der Waals surface area (Å²) in [6.45, 7) is 2.97. The molecule has 1 saturated heterocycles. The van der Waals surface area contributed by atoms with Crippen molar-refractivity contribution in [2.45, 2.75) is 51.1 Å². The highest BCUT2D eigenvalue weighted by Crippen LogP contribution is 2.14. The fourth-order valence-corrected chi connectivity index (χ4v) is 2.70. The van der Waals surface area contributed by atoms with Gasteiger partial charge in [0, 0.05) is 12.6 Å². The minimum absolute atomic E-state index is 0.0293. The number of methoxy groups -OCH3 is 1. The van der Waals surface area contributed by atoms with E-state index in [4.69, 9.17) is 4.74 Å². The number of hydrogen-bond donors (Lipinski definition) is 2. The molecule has 2 unspecified atom stereocenters. The second-order valence-electron chi connectivity index (χ2n) is 5.79. The largest absolute Gasteiger partial charge is 0.497 e. The first-order valence-electron chi connectivity index (χ1n) is 7.85. The van der Waals surface area contributed by atoms with Gasteiger partial charge in [-0.15, -0.1) is 0 Å². The van der Waals surface area contributed by atoms with Crippen molar-refractivity contribution in [1.82, 2.24) is 10.6 Å². The lowest BCUT2D eigenvalue weighted by Gasteiger charge is -2.21. The number of carbonyl (C=O) groups excluding carboxylic acids is 1. The number of nitrogens with one attached hydrogen (secondary N) is 2. The van der Waals surface area contributed by atoms with E-state index in [0.29, 0.717) is 6.04 Å². The molecule has 21 heavy (non-hydrogen) atoms. The van der Waals surface area contributed by atoms with Gasteiger partial charge in [-0.05, 0) is 56.7 Å². The predicted molar refractivity (Wildman–Crippen MR) is 84.6 cm³/mol. The van der Waals surface area contributed by atoms with Crippen molar-refractivity contribution in [1.29, 1.82) is 0 Å². The molecule has 0 bridgehead atoms. The highest BCUT2D eigenvalue weighted by molar-refractivity contribution is 5.81. The Labute approximate surface area is 127 Å². The van der Waals surface area contributed by atoms with E-state index in [2.05, 4.69) is 29.7 Å². The van der Waals surface area contributed by atoms with Crippen LogP contribution in [0.25, 0.3) is 0 Å². The van der Waals surface area contributed by atoms with Gasteiger partial charge in [-0.1, -0.05) is 12.1 Å². The van der Waals surface area contributed by atoms with Crippen LogP contribution in [0.2, 0.25) is 0 Å². The third-order valence-electron chi connectivity index (χ3n) is 4.05. The molecule has 1 aromatic rings. The van der Waals surface area contributed by atoms with Crippen molar-refractivity contribution >= 4 is 5.91 Å². The molecule has 1 fully saturated rings. The second kappa shape index (κ2) is 8.03. The summed E-state index contributed by atoms with van der Waals surface area (Å²) in [5, 5.41) is 6.44. The van der Waals surface area contributed by atoms with Crippen LogP contribution >= 0.6 is 0 Å². The van der Waals surface area contributed by atoms with Crippen molar-refractivity contribution in [2.75, 3.05) is 13.7 Å². The lowest BCUT2D eigenvalue weighted by atomic mass is 10.0. The lowest BCUT2D eigenvalue weighted by Crippen LogP contribution is -2.46. The van der Waals surface area contributed by atoms with E-state index in [0.717, 1.165) is 44.4 Å². The van der Waals surface area contributed by atoms with Crippen LogP contribution < -0.4 is 15.4 Å². The van der Waals surface area contributed by atoms with Crippen molar-refractivity contribution in [3.63, 3.8) is 0 Å². The van der Waals surface area contributed by atoms with Crippen LogP contribution in [0.15, 0.2) is 24.3 Å². The van der Waals surface area contributed by atoms with Crippen molar-refractivity contribution in [3.05, 3.63) is 29.8 Å². The Bertz CT molecular complexity index is 445. The average molecular weight is 290 g/mol. The number of amides is 1. The van der Waals surface area contributed by atoms with Gasteiger partial charge in [0.2, 0.25) is 5.91 Å². The van der Waals surface area contributed by atoms with Crippen LogP contribution in [0.5, 0.6) is 5.75 Å². The quantitative estimate of drug-likeness (QED) is 0.845. The smallest absolute Gasteiger partial charge is 0.237 e. The third kappa shape index (κ3) is 5.05. The van der Waals surface area contributed by atoms with Gasteiger partial charge in [-0.25, -0.2) is 0 Å². The number of aryl methyl sites for hydroxylation is 1. The molecule has 0 aliphatic carbocycles. The summed E-state index contributed by atoms with van der Waals surface area (Å²) in [5.74, 6) is 1.05. The molecule has 0 aromatic heterocycles. The molecule has 4 heteroatoms. The maximum atomic E-state index is 11.9. The molecule has 2 N–H and O–H groups in total. The van der Waals surface area contributed by atoms with Gasteiger partial charge in [0.15, 0.2) is 0 Å². The van der Waals surface area contributed by atoms with Gasteiger partial charge in [-0.2, -0.15) is 0 Å². The summed E-state index contributed by atoms with van der Waals surface area (Å²) in [7, 11) is 1.68. The zero-order chi connectivity index (χ0) is 15.1. The monoisotopic (exact) mass is 290 g/mol. The summed E-state index contributed by atoms with van der Waals surface area (Å²) in [5.41, 5.74) is 1.30. The van der Waals surface area contributed by atoms with Crippen LogP contribution in [0, 0.1) is 0 Å². The molecule has 1 aliphatic rings. The topological polar surface area (TPSA) is 50.4 Å². The zero-order valence-corrected chi connectivity index (χ0v) is 13.0. The van der Waals surface area contributed by atoms with Crippen LogP contribution in [-0.4, -0.2) is 31.6 Å². The van der Waals surface area contributed by atoms with Crippen molar-refractivity contribution in [2.24, 2.45) is 0 Å². The van der Waals surface area contributed by atoms with Gasteiger partial charge in [0.25, 0.3) is 0 Å². The van der Waals surface area contributed by atoms with E-state index in [9.17, 15) is 4.79 Å². The first-order chi connectivity index (χ1) is 10.2. The van der Waals surface area contributed by atoms with Gasteiger partial charge >= 0.3 is 0 Å². The normalized spacial score (nSPS) is 20.5. The maximum Gasteiger partial charge on any atom is 0.237 e. The van der Waals surface area contributed by atoms with E-state index < -0.39 is 0 Å². The molecule has 1 amide bonds. The maximum absolute atomic E-state index is 11.9. The molecule has 2 rings (SSSR count). The summed E-state index contributed by atoms with van der Waals surface area (Å²) in [6.07, 6.45) is 5.17. The number of carbonyl (C=O) groups is 1. The highest BCUT2D eigenvalue weighted by Gasteiger charge is 2.21. The molecule has 1 heterocycles. The van der Waals surface area contributed by atoms with Gasteiger partial charge in [0.05, 0.1) is 13.2 Å². The molecule has 2 atom stereocenters. The van der Waals surface area contributed by atoms with Gasteiger partial charge < -0.3 is 15.4 Å². The molecule has 4 nitrogen and oxygen atoms in total. The highest BCUT2D eigenvalue weighted by atomic mass is 16.5. The van der Waals surface area contributed by atoms with Crippen LogP contribution in [-0.2, 0) is 11.2 Å². The minimum atomic E-state index is -0.0293. The standard InChI is InChI=1S/C17H26N2O2/c1-13(19-16-5-3-4-12-18-17(16)20)6-7-14-8-10-15(21-2)11-9-14/h8-11,13,16,19H,3-7,12H2,1-2H3,(H,18,20). The van der Waals surface area contributed by atoms with E-state index in [1.54, 1.807) is 7.11 Å². The predicted octanol–water partition coefficient (Wildman–Crippen LogP) is 2.27. The Kier molecular flexibility index (Phi) is 6.05. The molecular formula is C17H26N2O2. The fraction of sp³-hybridized carbons (Fsp3) is 0.588. The molecule has 1 aliphatic heterocycles. The third-order valence-corrected chi connectivity index (χ3v) is 4.05. The fourth-order valence-electron chi connectivity index (χ4n) is 2.70. The number of hydrogen-bond acceptors (Lipinski definition) is 3. The second-order valence-corrected chi connectivity index (χ2v) is 5.79. The summed E-state index contributed by atoms with van der Waals surface area (Å²) < 4.78 is 5.16. The molecular weight excluding hydrogens is 264 g/mol. The van der Waals surface area contributed by atoms with Gasteiger partial charge in [0.1, 0.15) is 5.75 Å². The average Bonchev–Trinajstić information content (AvgIpc) is 2.71.